The average molecular weight is 369 g/mol. The molecule has 0 bridgehead atoms. The molecule has 0 spiro atoms. The Hall–Kier alpha value is -1.42. The lowest BCUT2D eigenvalue weighted by atomic mass is 9.87. The Balaban J connectivity index is 2.02. The van der Waals surface area contributed by atoms with Crippen LogP contribution in [0.15, 0.2) is 60.7 Å². The van der Waals surface area contributed by atoms with Crippen molar-refractivity contribution in [1.29, 1.82) is 0 Å². The molecular formula is C23H32O2Si. The molecule has 2 aromatic carbocycles. The number of aliphatic hydroxyl groups excluding tert-OH is 1. The predicted molar refractivity (Wildman–Crippen MR) is 112 cm³/mol. The van der Waals surface area contributed by atoms with Crippen LogP contribution in [0.2, 0.25) is 5.04 Å². The van der Waals surface area contributed by atoms with E-state index in [0.29, 0.717) is 6.61 Å². The predicted octanol–water partition coefficient (Wildman–Crippen LogP) is 4.11. The molecule has 0 unspecified atom stereocenters. The van der Waals surface area contributed by atoms with Crippen LogP contribution in [0.5, 0.6) is 0 Å². The van der Waals surface area contributed by atoms with Crippen molar-refractivity contribution in [2.45, 2.75) is 57.6 Å². The van der Waals surface area contributed by atoms with Gasteiger partial charge in [0.15, 0.2) is 0 Å². The molecule has 1 N–H and O–H groups in total. The molecular weight excluding hydrogens is 336 g/mol. The summed E-state index contributed by atoms with van der Waals surface area (Å²) in [5, 5.41) is 13.1. The minimum Gasteiger partial charge on any atom is -0.407 e. The molecule has 3 heteroatoms. The second kappa shape index (κ2) is 8.08. The van der Waals surface area contributed by atoms with Crippen LogP contribution in [0.4, 0.5) is 0 Å². The highest BCUT2D eigenvalue weighted by Gasteiger charge is 2.50. The molecule has 0 aliphatic heterocycles. The number of rotatable bonds is 5. The van der Waals surface area contributed by atoms with E-state index in [-0.39, 0.29) is 17.1 Å². The second-order valence-corrected chi connectivity index (χ2v) is 12.9. The monoisotopic (exact) mass is 368 g/mol. The van der Waals surface area contributed by atoms with Crippen LogP contribution in [0.25, 0.3) is 0 Å². The summed E-state index contributed by atoms with van der Waals surface area (Å²) in [6.45, 7) is 7.55. The number of aliphatic hydroxyl groups is 1. The van der Waals surface area contributed by atoms with Crippen molar-refractivity contribution < 1.29 is 9.53 Å². The third-order valence-corrected chi connectivity index (χ3v) is 10.8. The van der Waals surface area contributed by atoms with Crippen LogP contribution in [-0.4, -0.2) is 26.1 Å². The van der Waals surface area contributed by atoms with Gasteiger partial charge in [0.25, 0.3) is 8.32 Å². The van der Waals surface area contributed by atoms with Gasteiger partial charge in [-0.25, -0.2) is 0 Å². The zero-order valence-electron chi connectivity index (χ0n) is 16.3. The molecule has 2 aromatic rings. The van der Waals surface area contributed by atoms with Gasteiger partial charge in [-0.3, -0.25) is 0 Å². The zero-order valence-corrected chi connectivity index (χ0v) is 17.3. The zero-order chi connectivity index (χ0) is 18.6. The van der Waals surface area contributed by atoms with E-state index >= 15 is 0 Å². The molecule has 1 fully saturated rings. The molecule has 0 saturated heterocycles. The van der Waals surface area contributed by atoms with E-state index in [0.717, 1.165) is 19.3 Å². The number of hydrogen-bond acceptors (Lipinski definition) is 2. The van der Waals surface area contributed by atoms with E-state index in [1.54, 1.807) is 0 Å². The van der Waals surface area contributed by atoms with Crippen LogP contribution >= 0.6 is 0 Å². The Bertz CT molecular complexity index is 639. The van der Waals surface area contributed by atoms with Crippen molar-refractivity contribution in [3.8, 4) is 0 Å². The van der Waals surface area contributed by atoms with E-state index < -0.39 is 8.32 Å². The van der Waals surface area contributed by atoms with E-state index in [9.17, 15) is 5.11 Å². The third-order valence-electron chi connectivity index (χ3n) is 5.80. The molecule has 2 atom stereocenters. The van der Waals surface area contributed by atoms with Gasteiger partial charge in [0, 0.05) is 12.5 Å². The molecule has 3 rings (SSSR count). The van der Waals surface area contributed by atoms with E-state index in [1.807, 2.05) is 0 Å². The average Bonchev–Trinajstić information content (AvgIpc) is 2.64. The molecule has 0 aromatic heterocycles. The summed E-state index contributed by atoms with van der Waals surface area (Å²) in [6, 6.07) is 21.5. The van der Waals surface area contributed by atoms with Crippen molar-refractivity contribution in [1.82, 2.24) is 0 Å². The summed E-state index contributed by atoms with van der Waals surface area (Å²) in [7, 11) is -2.47. The van der Waals surface area contributed by atoms with Gasteiger partial charge in [-0.05, 0) is 28.3 Å². The maximum absolute atomic E-state index is 10.4. The minimum atomic E-state index is -2.47. The SMILES string of the molecule is CC(C)(C)[Si](OC[C@@H]1CCCC[C@@H]1O)(c1ccccc1)c1ccccc1. The second-order valence-electron chi connectivity index (χ2n) is 8.59. The maximum atomic E-state index is 10.4. The fourth-order valence-corrected chi connectivity index (χ4v) is 9.00. The van der Waals surface area contributed by atoms with E-state index in [2.05, 4.69) is 81.4 Å². The first kappa shape index (κ1) is 19.3. The first-order chi connectivity index (χ1) is 12.4. The van der Waals surface area contributed by atoms with Gasteiger partial charge >= 0.3 is 0 Å². The molecule has 0 heterocycles. The van der Waals surface area contributed by atoms with E-state index in [1.165, 1.54) is 16.8 Å². The fraction of sp³-hybridized carbons (Fsp3) is 0.478. The van der Waals surface area contributed by atoms with Gasteiger partial charge in [0.05, 0.1) is 6.10 Å². The number of benzene rings is 2. The van der Waals surface area contributed by atoms with Crippen molar-refractivity contribution in [2.75, 3.05) is 6.61 Å². The lowest BCUT2D eigenvalue weighted by Gasteiger charge is -2.44. The van der Waals surface area contributed by atoms with Crippen LogP contribution < -0.4 is 10.4 Å². The minimum absolute atomic E-state index is 0.00464. The van der Waals surface area contributed by atoms with Crippen molar-refractivity contribution in [2.24, 2.45) is 5.92 Å². The van der Waals surface area contributed by atoms with Gasteiger partial charge in [0.2, 0.25) is 0 Å². The molecule has 140 valence electrons. The van der Waals surface area contributed by atoms with Crippen LogP contribution in [-0.2, 0) is 4.43 Å². The van der Waals surface area contributed by atoms with Gasteiger partial charge in [0.1, 0.15) is 0 Å². The summed E-state index contributed by atoms with van der Waals surface area (Å²) >= 11 is 0. The van der Waals surface area contributed by atoms with Crippen LogP contribution in [0.1, 0.15) is 46.5 Å². The Morgan fingerprint density at radius 1 is 0.885 bits per heavy atom. The normalized spacial score (nSPS) is 21.5. The highest BCUT2D eigenvalue weighted by molar-refractivity contribution is 6.99. The van der Waals surface area contributed by atoms with Crippen molar-refractivity contribution in [3.05, 3.63) is 60.7 Å². The molecule has 1 saturated carbocycles. The maximum Gasteiger partial charge on any atom is 0.261 e. The summed E-state index contributed by atoms with van der Waals surface area (Å²) in [5.41, 5.74) is 0. The van der Waals surface area contributed by atoms with E-state index in [4.69, 9.17) is 4.43 Å². The molecule has 2 nitrogen and oxygen atoms in total. The highest BCUT2D eigenvalue weighted by atomic mass is 28.4. The van der Waals surface area contributed by atoms with Gasteiger partial charge in [-0.2, -0.15) is 0 Å². The number of hydrogen-bond donors (Lipinski definition) is 1. The van der Waals surface area contributed by atoms with Gasteiger partial charge in [-0.15, -0.1) is 0 Å². The lowest BCUT2D eigenvalue weighted by molar-refractivity contribution is 0.0398. The molecule has 26 heavy (non-hydrogen) atoms. The third kappa shape index (κ3) is 3.80. The van der Waals surface area contributed by atoms with Crippen LogP contribution in [0.3, 0.4) is 0 Å². The standard InChI is InChI=1S/C23H32O2Si/c1-23(2,3)26(20-13-6-4-7-14-20,21-15-8-5-9-16-21)25-18-19-12-10-11-17-22(19)24/h4-9,13-16,19,22,24H,10-12,17-18H2,1-3H3/t19-,22-/m0/s1. The van der Waals surface area contributed by atoms with Crippen molar-refractivity contribution in [3.63, 3.8) is 0 Å². The Morgan fingerprint density at radius 2 is 1.38 bits per heavy atom. The Labute approximate surface area is 159 Å². The molecule has 1 aliphatic carbocycles. The van der Waals surface area contributed by atoms with Gasteiger partial charge < -0.3 is 9.53 Å². The smallest absolute Gasteiger partial charge is 0.261 e. The summed E-state index contributed by atoms with van der Waals surface area (Å²) in [6.07, 6.45) is 4.10. The Morgan fingerprint density at radius 3 is 1.85 bits per heavy atom. The van der Waals surface area contributed by atoms with Gasteiger partial charge in [-0.1, -0.05) is 94.3 Å². The van der Waals surface area contributed by atoms with Crippen molar-refractivity contribution >= 4 is 18.7 Å². The largest absolute Gasteiger partial charge is 0.407 e. The first-order valence-electron chi connectivity index (χ1n) is 9.88. The highest BCUT2D eigenvalue weighted by Crippen LogP contribution is 2.37. The summed E-state index contributed by atoms with van der Waals surface area (Å²) in [5.74, 6) is 0.255. The Kier molecular flexibility index (Phi) is 6.01. The molecule has 0 amide bonds. The first-order valence-corrected chi connectivity index (χ1v) is 11.8. The molecule has 0 radical (unpaired) electrons. The molecule has 1 aliphatic rings. The summed E-state index contributed by atoms with van der Waals surface area (Å²) < 4.78 is 6.96. The summed E-state index contributed by atoms with van der Waals surface area (Å²) in [4.78, 5) is 0. The van der Waals surface area contributed by atoms with Crippen LogP contribution in [0, 0.1) is 5.92 Å². The lowest BCUT2D eigenvalue weighted by Crippen LogP contribution is -2.67. The topological polar surface area (TPSA) is 29.5 Å². The fourth-order valence-electron chi connectivity index (χ4n) is 4.38. The quantitative estimate of drug-likeness (QED) is 0.805.